The number of amides is 1. The fourth-order valence-electron chi connectivity index (χ4n) is 2.07. The van der Waals surface area contributed by atoms with Crippen LogP contribution in [0.3, 0.4) is 0 Å². The molecule has 0 N–H and O–H groups in total. The van der Waals surface area contributed by atoms with Crippen molar-refractivity contribution in [3.05, 3.63) is 46.0 Å². The van der Waals surface area contributed by atoms with Crippen LogP contribution in [0.5, 0.6) is 0 Å². The van der Waals surface area contributed by atoms with Crippen LogP contribution in [0.15, 0.2) is 39.9 Å². The lowest BCUT2D eigenvalue weighted by atomic mass is 9.87. The molecule has 1 aliphatic rings. The Labute approximate surface area is 144 Å². The number of carbonyl (C=O) groups is 2. The summed E-state index contributed by atoms with van der Waals surface area (Å²) in [5.74, 6) is -0.915. The summed E-state index contributed by atoms with van der Waals surface area (Å²) in [6, 6.07) is 6.99. The third-order valence-electron chi connectivity index (χ3n) is 3.59. The van der Waals surface area contributed by atoms with Gasteiger partial charge in [0.25, 0.3) is 5.91 Å². The summed E-state index contributed by atoms with van der Waals surface area (Å²) in [6.45, 7) is 4.99. The number of hydrogen-bond donors (Lipinski definition) is 0. The number of hydrogen-bond acceptors (Lipinski definition) is 2. The van der Waals surface area contributed by atoms with E-state index >= 15 is 0 Å². The maximum Gasteiger partial charge on any atom is 0.277 e. The van der Waals surface area contributed by atoms with E-state index in [2.05, 4.69) is 4.99 Å². The molecule has 0 radical (unpaired) electrons. The fourth-order valence-corrected chi connectivity index (χ4v) is 2.92. The second-order valence-corrected chi connectivity index (χ2v) is 6.97. The molecule has 22 heavy (non-hydrogen) atoms. The zero-order valence-electron chi connectivity index (χ0n) is 12.3. The number of aryl methyl sites for hydroxylation is 1. The number of halogens is 3. The molecule has 2 atom stereocenters. The molecule has 1 aromatic rings. The average molecular weight is 359 g/mol. The minimum atomic E-state index is -1.43. The Kier molecular flexibility index (Phi) is 4.81. The molecule has 0 fully saturated rings. The normalized spacial score (nSPS) is 27.5. The lowest BCUT2D eigenvalue weighted by Gasteiger charge is -2.32. The number of aliphatic imine (C=N–C) groups is 1. The van der Waals surface area contributed by atoms with Crippen LogP contribution >= 0.6 is 34.8 Å². The quantitative estimate of drug-likeness (QED) is 0.704. The van der Waals surface area contributed by atoms with E-state index in [1.54, 1.807) is 19.1 Å². The first-order valence-corrected chi connectivity index (χ1v) is 7.79. The van der Waals surface area contributed by atoms with E-state index in [0.29, 0.717) is 11.1 Å². The summed E-state index contributed by atoms with van der Waals surface area (Å²) < 4.78 is 0. The molecular weight excluding hydrogens is 345 g/mol. The number of Topliss-reactive ketones (excluding diaryl/α,β-unsaturated/α-hetero) is 1. The topological polar surface area (TPSA) is 46.5 Å². The molecule has 0 spiro atoms. The SMILES string of the molecule is CC1=C(Cl)C(=O)[C@](C)(Cl)[C@@H](Cl)C1=NC(=O)c1ccc(C)cc1. The third-order valence-corrected chi connectivity index (χ3v) is 5.19. The molecular formula is C16H14Cl3NO2. The van der Waals surface area contributed by atoms with Crippen molar-refractivity contribution in [2.45, 2.75) is 31.0 Å². The second kappa shape index (κ2) is 6.15. The molecule has 0 saturated heterocycles. The predicted molar refractivity (Wildman–Crippen MR) is 90.4 cm³/mol. The van der Waals surface area contributed by atoms with Gasteiger partial charge in [-0.25, -0.2) is 4.99 Å². The Morgan fingerprint density at radius 1 is 1.23 bits per heavy atom. The number of carbonyl (C=O) groups excluding carboxylic acids is 2. The van der Waals surface area contributed by atoms with Gasteiger partial charge < -0.3 is 0 Å². The third kappa shape index (κ3) is 2.98. The maximum atomic E-state index is 12.3. The van der Waals surface area contributed by atoms with Crippen molar-refractivity contribution >= 4 is 52.2 Å². The van der Waals surface area contributed by atoms with Crippen molar-refractivity contribution in [2.75, 3.05) is 0 Å². The highest BCUT2D eigenvalue weighted by Crippen LogP contribution is 2.38. The molecule has 0 aliphatic heterocycles. The lowest BCUT2D eigenvalue weighted by Crippen LogP contribution is -2.48. The van der Waals surface area contributed by atoms with Crippen LogP contribution in [0.1, 0.15) is 29.8 Å². The molecule has 6 heteroatoms. The first kappa shape index (κ1) is 17.2. The van der Waals surface area contributed by atoms with Crippen molar-refractivity contribution < 1.29 is 9.59 Å². The van der Waals surface area contributed by atoms with Gasteiger partial charge in [0.1, 0.15) is 10.3 Å². The first-order chi connectivity index (χ1) is 10.2. The number of nitrogens with zero attached hydrogens (tertiary/aromatic N) is 1. The van der Waals surface area contributed by atoms with Crippen LogP contribution in [-0.2, 0) is 4.79 Å². The Bertz CT molecular complexity index is 703. The predicted octanol–water partition coefficient (Wildman–Crippen LogP) is 4.28. The van der Waals surface area contributed by atoms with Gasteiger partial charge in [0.05, 0.1) is 10.7 Å². The number of ketones is 1. The van der Waals surface area contributed by atoms with Gasteiger partial charge in [-0.05, 0) is 38.5 Å². The molecule has 1 aromatic carbocycles. The van der Waals surface area contributed by atoms with Crippen LogP contribution in [0.4, 0.5) is 0 Å². The number of benzene rings is 1. The van der Waals surface area contributed by atoms with E-state index in [9.17, 15) is 9.59 Å². The number of rotatable bonds is 1. The summed E-state index contributed by atoms with van der Waals surface area (Å²) in [5.41, 5.74) is 2.08. The maximum absolute atomic E-state index is 12.3. The van der Waals surface area contributed by atoms with E-state index in [1.165, 1.54) is 6.92 Å². The fraction of sp³-hybridized carbons (Fsp3) is 0.312. The molecule has 116 valence electrons. The average Bonchev–Trinajstić information content (AvgIpc) is 2.49. The Hall–Kier alpha value is -1.16. The summed E-state index contributed by atoms with van der Waals surface area (Å²) in [5, 5.41) is -0.969. The Morgan fingerprint density at radius 3 is 2.32 bits per heavy atom. The Balaban J connectivity index is 2.47. The molecule has 0 heterocycles. The molecule has 1 aliphatic carbocycles. The smallest absolute Gasteiger partial charge is 0.277 e. The molecule has 1 amide bonds. The second-order valence-electron chi connectivity index (χ2n) is 5.37. The number of allylic oxidation sites excluding steroid dienone is 2. The summed E-state index contributed by atoms with van der Waals surface area (Å²) in [6.07, 6.45) is 0. The molecule has 3 nitrogen and oxygen atoms in total. The largest absolute Gasteiger partial charge is 0.291 e. The van der Waals surface area contributed by atoms with Gasteiger partial charge in [0, 0.05) is 5.56 Å². The summed E-state index contributed by atoms with van der Waals surface area (Å²) in [7, 11) is 0. The standard InChI is InChI=1S/C16H14Cl3NO2/c1-8-4-6-10(7-5-8)15(22)20-12-9(2)11(17)14(21)16(3,19)13(12)18/h4-7,13H,1-3H3/t13-,16+/m0/s1. The van der Waals surface area contributed by atoms with E-state index < -0.39 is 21.9 Å². The molecule has 0 saturated carbocycles. The van der Waals surface area contributed by atoms with Gasteiger partial charge in [-0.3, -0.25) is 9.59 Å². The van der Waals surface area contributed by atoms with E-state index in [-0.39, 0.29) is 10.7 Å². The van der Waals surface area contributed by atoms with Crippen LogP contribution in [0.2, 0.25) is 0 Å². The highest BCUT2D eigenvalue weighted by atomic mass is 35.5. The van der Waals surface area contributed by atoms with Crippen molar-refractivity contribution in [3.8, 4) is 0 Å². The van der Waals surface area contributed by atoms with E-state index in [4.69, 9.17) is 34.8 Å². The van der Waals surface area contributed by atoms with E-state index in [0.717, 1.165) is 5.56 Å². The van der Waals surface area contributed by atoms with Crippen LogP contribution in [-0.4, -0.2) is 27.7 Å². The highest BCUT2D eigenvalue weighted by Gasteiger charge is 2.47. The van der Waals surface area contributed by atoms with Gasteiger partial charge in [0.15, 0.2) is 5.78 Å². The van der Waals surface area contributed by atoms with Crippen molar-refractivity contribution in [1.82, 2.24) is 0 Å². The molecule has 0 bridgehead atoms. The van der Waals surface area contributed by atoms with Crippen molar-refractivity contribution in [1.29, 1.82) is 0 Å². The van der Waals surface area contributed by atoms with Gasteiger partial charge in [-0.15, -0.1) is 23.2 Å². The zero-order valence-corrected chi connectivity index (χ0v) is 14.6. The van der Waals surface area contributed by atoms with Crippen LogP contribution < -0.4 is 0 Å². The minimum absolute atomic E-state index is 0.0372. The van der Waals surface area contributed by atoms with Crippen molar-refractivity contribution in [3.63, 3.8) is 0 Å². The van der Waals surface area contributed by atoms with Crippen LogP contribution in [0, 0.1) is 6.92 Å². The van der Waals surface area contributed by atoms with Gasteiger partial charge in [0.2, 0.25) is 0 Å². The van der Waals surface area contributed by atoms with Crippen LogP contribution in [0.25, 0.3) is 0 Å². The first-order valence-electron chi connectivity index (χ1n) is 6.60. The van der Waals surface area contributed by atoms with Crippen molar-refractivity contribution in [2.24, 2.45) is 4.99 Å². The van der Waals surface area contributed by atoms with E-state index in [1.807, 2.05) is 19.1 Å². The van der Waals surface area contributed by atoms with Gasteiger partial charge in [-0.1, -0.05) is 29.3 Å². The molecule has 2 rings (SSSR count). The Morgan fingerprint density at radius 2 is 1.77 bits per heavy atom. The number of alkyl halides is 2. The summed E-state index contributed by atoms with van der Waals surface area (Å²) >= 11 is 18.5. The lowest BCUT2D eigenvalue weighted by molar-refractivity contribution is -0.117. The van der Waals surface area contributed by atoms with Gasteiger partial charge in [-0.2, -0.15) is 0 Å². The monoisotopic (exact) mass is 357 g/mol. The minimum Gasteiger partial charge on any atom is -0.291 e. The summed E-state index contributed by atoms with van der Waals surface area (Å²) in [4.78, 5) is 27.0. The molecule has 0 aromatic heterocycles. The zero-order chi connectivity index (χ0) is 16.7. The van der Waals surface area contributed by atoms with Gasteiger partial charge >= 0.3 is 0 Å². The highest BCUT2D eigenvalue weighted by molar-refractivity contribution is 6.59. The molecule has 0 unspecified atom stereocenters.